The van der Waals surface area contributed by atoms with E-state index in [0.717, 1.165) is 12.1 Å². The average molecular weight is 275 g/mol. The number of alkyl halides is 3. The summed E-state index contributed by atoms with van der Waals surface area (Å²) in [7, 11) is 0. The lowest BCUT2D eigenvalue weighted by molar-refractivity contribution is -0.136. The van der Waals surface area contributed by atoms with Gasteiger partial charge < -0.3 is 10.5 Å². The van der Waals surface area contributed by atoms with Crippen LogP contribution >= 0.6 is 0 Å². The average Bonchev–Trinajstić information content (AvgIpc) is 2.32. The molecule has 0 radical (unpaired) electrons. The molecule has 0 spiro atoms. The summed E-state index contributed by atoms with van der Waals surface area (Å²) in [6.45, 7) is -0.00747. The molecular weight excluding hydrogens is 262 g/mol. The molecule has 1 aromatic rings. The Morgan fingerprint density at radius 3 is 2.63 bits per heavy atom. The van der Waals surface area contributed by atoms with Crippen molar-refractivity contribution in [3.8, 4) is 17.6 Å². The van der Waals surface area contributed by atoms with Crippen molar-refractivity contribution in [1.82, 2.24) is 0 Å². The van der Waals surface area contributed by atoms with E-state index in [2.05, 4.69) is 11.8 Å². The van der Waals surface area contributed by atoms with E-state index < -0.39 is 18.4 Å². The number of hydrogen-bond acceptors (Lipinski definition) is 2. The van der Waals surface area contributed by atoms with Crippen LogP contribution in [0.5, 0.6) is 5.75 Å². The predicted octanol–water partition coefficient (Wildman–Crippen LogP) is 2.86. The maximum Gasteiger partial charge on any atom is 0.389 e. The fraction of sp³-hybridized carbons (Fsp3) is 0.385. The van der Waals surface area contributed by atoms with Gasteiger partial charge in [-0.3, -0.25) is 0 Å². The minimum absolute atomic E-state index is 0.101. The van der Waals surface area contributed by atoms with Gasteiger partial charge in [0, 0.05) is 6.42 Å². The fourth-order valence-corrected chi connectivity index (χ4v) is 1.33. The zero-order chi connectivity index (χ0) is 14.3. The summed E-state index contributed by atoms with van der Waals surface area (Å²) >= 11 is 0. The molecule has 0 fully saturated rings. The van der Waals surface area contributed by atoms with Crippen molar-refractivity contribution in [2.24, 2.45) is 5.73 Å². The molecule has 0 aliphatic heterocycles. The molecule has 19 heavy (non-hydrogen) atoms. The number of ether oxygens (including phenoxy) is 1. The van der Waals surface area contributed by atoms with Crippen LogP contribution in [0.15, 0.2) is 18.2 Å². The first-order chi connectivity index (χ1) is 8.92. The van der Waals surface area contributed by atoms with Crippen molar-refractivity contribution in [3.05, 3.63) is 29.6 Å². The van der Waals surface area contributed by atoms with E-state index in [1.165, 1.54) is 6.07 Å². The number of nitrogens with two attached hydrogens (primary N) is 1. The highest BCUT2D eigenvalue weighted by atomic mass is 19.4. The van der Waals surface area contributed by atoms with Crippen LogP contribution in [-0.4, -0.2) is 19.3 Å². The van der Waals surface area contributed by atoms with E-state index in [1.54, 1.807) is 0 Å². The van der Waals surface area contributed by atoms with Gasteiger partial charge in [-0.15, -0.1) is 0 Å². The SMILES string of the molecule is NCC#Cc1cc(F)ccc1OCCCC(F)(F)F. The highest BCUT2D eigenvalue weighted by molar-refractivity contribution is 5.46. The molecule has 6 heteroatoms. The quantitative estimate of drug-likeness (QED) is 0.521. The largest absolute Gasteiger partial charge is 0.492 e. The van der Waals surface area contributed by atoms with E-state index >= 15 is 0 Å². The molecule has 1 aromatic carbocycles. The molecule has 0 bridgehead atoms. The summed E-state index contributed by atoms with van der Waals surface area (Å²) in [5, 5.41) is 0. The standard InChI is InChI=1S/C13H13F4NO/c14-11-4-5-12(10(9-11)3-1-7-18)19-8-2-6-13(15,16)17/h4-5,9H,2,6-8,18H2. The van der Waals surface area contributed by atoms with Gasteiger partial charge in [-0.05, 0) is 24.6 Å². The van der Waals surface area contributed by atoms with Crippen LogP contribution in [0, 0.1) is 17.7 Å². The van der Waals surface area contributed by atoms with Gasteiger partial charge in [0.15, 0.2) is 0 Å². The van der Waals surface area contributed by atoms with Gasteiger partial charge in [-0.2, -0.15) is 13.2 Å². The highest BCUT2D eigenvalue weighted by Crippen LogP contribution is 2.23. The molecule has 2 N–H and O–H groups in total. The van der Waals surface area contributed by atoms with Gasteiger partial charge >= 0.3 is 6.18 Å². The number of hydrogen-bond donors (Lipinski definition) is 1. The lowest BCUT2D eigenvalue weighted by atomic mass is 10.2. The summed E-state index contributed by atoms with van der Waals surface area (Å²) in [4.78, 5) is 0. The first kappa shape index (κ1) is 15.3. The second-order valence-corrected chi connectivity index (χ2v) is 3.71. The van der Waals surface area contributed by atoms with Crippen molar-refractivity contribution < 1.29 is 22.3 Å². The van der Waals surface area contributed by atoms with Crippen LogP contribution in [0.2, 0.25) is 0 Å². The van der Waals surface area contributed by atoms with Gasteiger partial charge in [-0.25, -0.2) is 4.39 Å². The summed E-state index contributed by atoms with van der Waals surface area (Å²) in [6.07, 6.45) is -5.28. The molecule has 0 aromatic heterocycles. The Kier molecular flexibility index (Phi) is 5.64. The van der Waals surface area contributed by atoms with E-state index in [1.807, 2.05) is 0 Å². The van der Waals surface area contributed by atoms with Crippen molar-refractivity contribution in [2.75, 3.05) is 13.2 Å². The van der Waals surface area contributed by atoms with Crippen LogP contribution in [0.1, 0.15) is 18.4 Å². The van der Waals surface area contributed by atoms with Crippen LogP contribution in [0.3, 0.4) is 0 Å². The topological polar surface area (TPSA) is 35.2 Å². The molecule has 1 rings (SSSR count). The van der Waals surface area contributed by atoms with Gasteiger partial charge in [0.25, 0.3) is 0 Å². The van der Waals surface area contributed by atoms with E-state index in [-0.39, 0.29) is 30.9 Å². The lowest BCUT2D eigenvalue weighted by Gasteiger charge is -2.09. The maximum atomic E-state index is 13.0. The normalized spacial score (nSPS) is 10.8. The molecule has 0 saturated heterocycles. The third-order valence-corrected chi connectivity index (χ3v) is 2.13. The molecule has 2 nitrogen and oxygen atoms in total. The van der Waals surface area contributed by atoms with Crippen molar-refractivity contribution >= 4 is 0 Å². The van der Waals surface area contributed by atoms with Crippen LogP contribution < -0.4 is 10.5 Å². The second-order valence-electron chi connectivity index (χ2n) is 3.71. The number of halogens is 4. The summed E-state index contributed by atoms with van der Waals surface area (Å²) in [5.41, 5.74) is 5.48. The molecule has 0 amide bonds. The second kappa shape index (κ2) is 7.00. The monoisotopic (exact) mass is 275 g/mol. The zero-order valence-corrected chi connectivity index (χ0v) is 10.1. The van der Waals surface area contributed by atoms with Crippen LogP contribution in [0.25, 0.3) is 0 Å². The highest BCUT2D eigenvalue weighted by Gasteiger charge is 2.26. The minimum Gasteiger partial charge on any atom is -0.492 e. The van der Waals surface area contributed by atoms with E-state index in [0.29, 0.717) is 0 Å². The van der Waals surface area contributed by atoms with E-state index in [4.69, 9.17) is 10.5 Å². The van der Waals surface area contributed by atoms with Gasteiger partial charge in [0.2, 0.25) is 0 Å². The molecule has 0 aliphatic rings. The Hall–Kier alpha value is -1.74. The summed E-state index contributed by atoms with van der Waals surface area (Å²) in [5.74, 6) is 4.90. The summed E-state index contributed by atoms with van der Waals surface area (Å²) < 4.78 is 54.0. The Bertz CT molecular complexity index is 474. The lowest BCUT2D eigenvalue weighted by Crippen LogP contribution is -2.10. The Balaban J connectivity index is 2.62. The number of rotatable bonds is 4. The van der Waals surface area contributed by atoms with Gasteiger partial charge in [0.1, 0.15) is 11.6 Å². The first-order valence-corrected chi connectivity index (χ1v) is 5.60. The molecule has 0 atom stereocenters. The van der Waals surface area contributed by atoms with E-state index in [9.17, 15) is 17.6 Å². The molecule has 0 heterocycles. The minimum atomic E-state index is -4.20. The summed E-state index contributed by atoms with van der Waals surface area (Å²) in [6, 6.07) is 3.65. The van der Waals surface area contributed by atoms with Crippen molar-refractivity contribution in [3.63, 3.8) is 0 Å². The predicted molar refractivity (Wildman–Crippen MR) is 63.1 cm³/mol. The zero-order valence-electron chi connectivity index (χ0n) is 10.1. The molecule has 104 valence electrons. The van der Waals surface area contributed by atoms with Crippen molar-refractivity contribution in [2.45, 2.75) is 19.0 Å². The third kappa shape index (κ3) is 6.11. The molecule has 0 unspecified atom stereocenters. The first-order valence-electron chi connectivity index (χ1n) is 5.60. The fourth-order valence-electron chi connectivity index (χ4n) is 1.33. The van der Waals surface area contributed by atoms with Crippen molar-refractivity contribution in [1.29, 1.82) is 0 Å². The molecule has 0 aliphatic carbocycles. The Morgan fingerprint density at radius 1 is 1.26 bits per heavy atom. The maximum absolute atomic E-state index is 13.0. The third-order valence-electron chi connectivity index (χ3n) is 2.13. The number of benzene rings is 1. The molecule has 0 saturated carbocycles. The van der Waals surface area contributed by atoms with Crippen LogP contribution in [0.4, 0.5) is 17.6 Å². The Labute approximate surface area is 108 Å². The van der Waals surface area contributed by atoms with Gasteiger partial charge in [0.05, 0.1) is 18.7 Å². The molecular formula is C13H13F4NO. The van der Waals surface area contributed by atoms with Crippen LogP contribution in [-0.2, 0) is 0 Å². The van der Waals surface area contributed by atoms with Gasteiger partial charge in [-0.1, -0.05) is 11.8 Å². The Morgan fingerprint density at radius 2 is 2.00 bits per heavy atom. The smallest absolute Gasteiger partial charge is 0.389 e.